The molecule has 0 aromatic heterocycles. The summed E-state index contributed by atoms with van der Waals surface area (Å²) in [6.45, 7) is 6.23. The zero-order chi connectivity index (χ0) is 13.1. The Morgan fingerprint density at radius 3 is 2.59 bits per heavy atom. The van der Waals surface area contributed by atoms with Crippen molar-refractivity contribution in [2.75, 3.05) is 13.2 Å². The Balaban J connectivity index is 2.96. The minimum Gasteiger partial charge on any atom is -0.464 e. The topological polar surface area (TPSA) is 46.6 Å². The summed E-state index contributed by atoms with van der Waals surface area (Å²) in [5.41, 5.74) is -0.795. The number of carbonyl (C=O) groups excluding carboxylic acids is 2. The van der Waals surface area contributed by atoms with Crippen molar-refractivity contribution in [3.8, 4) is 0 Å². The number of nitrogens with zero attached hydrogens (tertiary/aromatic N) is 1. The van der Waals surface area contributed by atoms with E-state index in [2.05, 4.69) is 0 Å². The van der Waals surface area contributed by atoms with Gasteiger partial charge in [-0.15, -0.1) is 11.6 Å². The normalized spacial score (nSPS) is 25.8. The van der Waals surface area contributed by atoms with Crippen LogP contribution in [-0.2, 0) is 14.3 Å². The van der Waals surface area contributed by atoms with Crippen molar-refractivity contribution in [1.29, 1.82) is 0 Å². The lowest BCUT2D eigenvalue weighted by Gasteiger charge is -2.36. The van der Waals surface area contributed by atoms with E-state index in [1.807, 2.05) is 6.92 Å². The highest BCUT2D eigenvalue weighted by Gasteiger charge is 2.49. The van der Waals surface area contributed by atoms with Gasteiger partial charge < -0.3 is 9.64 Å². The first-order valence-electron chi connectivity index (χ1n) is 6.12. The highest BCUT2D eigenvalue weighted by molar-refractivity contribution is 6.30. The number of amides is 1. The number of halogens is 1. The van der Waals surface area contributed by atoms with Gasteiger partial charge in [0, 0.05) is 6.54 Å². The van der Waals surface area contributed by atoms with Crippen LogP contribution < -0.4 is 0 Å². The Kier molecular flexibility index (Phi) is 4.80. The van der Waals surface area contributed by atoms with Gasteiger partial charge >= 0.3 is 5.97 Å². The van der Waals surface area contributed by atoms with E-state index in [1.165, 1.54) is 0 Å². The summed E-state index contributed by atoms with van der Waals surface area (Å²) < 4.78 is 5.10. The minimum atomic E-state index is -0.795. The van der Waals surface area contributed by atoms with Gasteiger partial charge in [-0.3, -0.25) is 4.79 Å². The van der Waals surface area contributed by atoms with E-state index in [-0.39, 0.29) is 11.9 Å². The van der Waals surface area contributed by atoms with Crippen LogP contribution in [0.25, 0.3) is 0 Å². The van der Waals surface area contributed by atoms with Gasteiger partial charge in [0.1, 0.15) is 10.9 Å². The first-order chi connectivity index (χ1) is 7.99. The molecule has 0 aromatic carbocycles. The first-order valence-corrected chi connectivity index (χ1v) is 6.56. The third-order valence-electron chi connectivity index (χ3n) is 3.34. The van der Waals surface area contributed by atoms with Crippen molar-refractivity contribution in [2.24, 2.45) is 0 Å². The molecule has 1 amide bonds. The number of carbonyl (C=O) groups is 2. The Morgan fingerprint density at radius 2 is 2.12 bits per heavy atom. The SMILES string of the molecule is CCOC(=O)C1(CC)CCCN1C(=O)C(C)Cl. The van der Waals surface area contributed by atoms with Gasteiger partial charge in [0.05, 0.1) is 6.61 Å². The molecular weight excluding hydrogens is 242 g/mol. The third kappa shape index (κ3) is 2.57. The monoisotopic (exact) mass is 261 g/mol. The lowest BCUT2D eigenvalue weighted by atomic mass is 9.92. The van der Waals surface area contributed by atoms with Gasteiger partial charge in [-0.05, 0) is 33.1 Å². The molecule has 98 valence electrons. The molecule has 5 heteroatoms. The summed E-state index contributed by atoms with van der Waals surface area (Å²) >= 11 is 5.83. The molecule has 1 saturated heterocycles. The summed E-state index contributed by atoms with van der Waals surface area (Å²) in [6.07, 6.45) is 2.06. The maximum absolute atomic E-state index is 12.1. The van der Waals surface area contributed by atoms with Crippen molar-refractivity contribution >= 4 is 23.5 Å². The van der Waals surface area contributed by atoms with Crippen molar-refractivity contribution < 1.29 is 14.3 Å². The summed E-state index contributed by atoms with van der Waals surface area (Å²) in [6, 6.07) is 0. The summed E-state index contributed by atoms with van der Waals surface area (Å²) in [5, 5.41) is -0.603. The van der Waals surface area contributed by atoms with Gasteiger partial charge in [0.25, 0.3) is 0 Å². The molecule has 0 spiro atoms. The molecule has 0 N–H and O–H groups in total. The number of likely N-dealkylation sites (tertiary alicyclic amines) is 1. The number of hydrogen-bond acceptors (Lipinski definition) is 3. The van der Waals surface area contributed by atoms with Crippen molar-refractivity contribution in [3.63, 3.8) is 0 Å². The van der Waals surface area contributed by atoms with Gasteiger partial charge in [-0.1, -0.05) is 6.92 Å². The van der Waals surface area contributed by atoms with Gasteiger partial charge in [0.2, 0.25) is 5.91 Å². The molecule has 1 aliphatic heterocycles. The maximum Gasteiger partial charge on any atom is 0.332 e. The highest BCUT2D eigenvalue weighted by Crippen LogP contribution is 2.34. The molecule has 2 atom stereocenters. The molecule has 1 aliphatic rings. The van der Waals surface area contributed by atoms with E-state index in [1.54, 1.807) is 18.7 Å². The van der Waals surface area contributed by atoms with Crippen LogP contribution in [0, 0.1) is 0 Å². The standard InChI is InChI=1S/C12H20ClNO3/c1-4-12(11(16)17-5-2)7-6-8-14(12)10(15)9(3)13/h9H,4-8H2,1-3H3. The van der Waals surface area contributed by atoms with Gasteiger partial charge in [-0.2, -0.15) is 0 Å². The fourth-order valence-corrected chi connectivity index (χ4v) is 2.52. The molecular formula is C12H20ClNO3. The second-order valence-corrected chi connectivity index (χ2v) is 4.97. The maximum atomic E-state index is 12.1. The van der Waals surface area contributed by atoms with Crippen molar-refractivity contribution in [1.82, 2.24) is 4.90 Å². The molecule has 0 aliphatic carbocycles. The first kappa shape index (κ1) is 14.3. The highest BCUT2D eigenvalue weighted by atomic mass is 35.5. The van der Waals surface area contributed by atoms with Crippen LogP contribution in [0.5, 0.6) is 0 Å². The molecule has 1 heterocycles. The van der Waals surface area contributed by atoms with Gasteiger partial charge in [-0.25, -0.2) is 4.79 Å². The predicted octanol–water partition coefficient (Wildman–Crippen LogP) is 1.95. The van der Waals surface area contributed by atoms with Crippen LogP contribution in [0.15, 0.2) is 0 Å². The summed E-state index contributed by atoms with van der Waals surface area (Å²) in [5.74, 6) is -0.482. The van der Waals surface area contributed by atoms with E-state index < -0.39 is 10.9 Å². The molecule has 0 aromatic rings. The van der Waals surface area contributed by atoms with Crippen LogP contribution in [-0.4, -0.2) is 40.8 Å². The lowest BCUT2D eigenvalue weighted by Crippen LogP contribution is -2.55. The van der Waals surface area contributed by atoms with E-state index >= 15 is 0 Å². The van der Waals surface area contributed by atoms with E-state index in [0.29, 0.717) is 26.0 Å². The Hall–Kier alpha value is -0.770. The second kappa shape index (κ2) is 5.71. The number of rotatable bonds is 4. The molecule has 0 saturated carbocycles. The van der Waals surface area contributed by atoms with Crippen molar-refractivity contribution in [3.05, 3.63) is 0 Å². The fourth-order valence-electron chi connectivity index (χ4n) is 2.40. The fraction of sp³-hybridized carbons (Fsp3) is 0.833. The zero-order valence-electron chi connectivity index (χ0n) is 10.7. The summed E-state index contributed by atoms with van der Waals surface area (Å²) in [7, 11) is 0. The molecule has 17 heavy (non-hydrogen) atoms. The Labute approximate surface area is 107 Å². The average Bonchev–Trinajstić information content (AvgIpc) is 2.72. The van der Waals surface area contributed by atoms with E-state index in [4.69, 9.17) is 16.3 Å². The number of alkyl halides is 1. The molecule has 4 nitrogen and oxygen atoms in total. The predicted molar refractivity (Wildman–Crippen MR) is 65.9 cm³/mol. The number of ether oxygens (including phenoxy) is 1. The van der Waals surface area contributed by atoms with Crippen LogP contribution in [0.3, 0.4) is 0 Å². The Morgan fingerprint density at radius 1 is 1.47 bits per heavy atom. The lowest BCUT2D eigenvalue weighted by molar-refractivity contribution is -0.161. The minimum absolute atomic E-state index is 0.181. The van der Waals surface area contributed by atoms with Crippen LogP contribution >= 0.6 is 11.6 Å². The quantitative estimate of drug-likeness (QED) is 0.574. The molecule has 2 unspecified atom stereocenters. The smallest absolute Gasteiger partial charge is 0.332 e. The molecule has 1 fully saturated rings. The molecule has 1 rings (SSSR count). The van der Waals surface area contributed by atoms with Crippen LogP contribution in [0.2, 0.25) is 0 Å². The third-order valence-corrected chi connectivity index (χ3v) is 3.52. The number of esters is 1. The largest absolute Gasteiger partial charge is 0.464 e. The molecule has 0 bridgehead atoms. The van der Waals surface area contributed by atoms with Crippen LogP contribution in [0.1, 0.15) is 40.0 Å². The molecule has 0 radical (unpaired) electrons. The van der Waals surface area contributed by atoms with Crippen molar-refractivity contribution in [2.45, 2.75) is 50.9 Å². The second-order valence-electron chi connectivity index (χ2n) is 4.32. The Bertz CT molecular complexity index is 306. The van der Waals surface area contributed by atoms with Crippen LogP contribution in [0.4, 0.5) is 0 Å². The van der Waals surface area contributed by atoms with Gasteiger partial charge in [0.15, 0.2) is 0 Å². The average molecular weight is 262 g/mol. The van der Waals surface area contributed by atoms with E-state index in [9.17, 15) is 9.59 Å². The summed E-state index contributed by atoms with van der Waals surface area (Å²) in [4.78, 5) is 25.7. The zero-order valence-corrected chi connectivity index (χ0v) is 11.4. The number of hydrogen-bond donors (Lipinski definition) is 0. The van der Waals surface area contributed by atoms with E-state index in [0.717, 1.165) is 6.42 Å².